The second-order valence-electron chi connectivity index (χ2n) is 6.04. The van der Waals surface area contributed by atoms with Gasteiger partial charge >= 0.3 is 5.97 Å². The van der Waals surface area contributed by atoms with E-state index in [0.717, 1.165) is 18.4 Å². The summed E-state index contributed by atoms with van der Waals surface area (Å²) in [6.07, 6.45) is 4.16. The van der Waals surface area contributed by atoms with Crippen LogP contribution in [0.15, 0.2) is 24.3 Å². The summed E-state index contributed by atoms with van der Waals surface area (Å²) in [5, 5.41) is 0. The number of nitrogens with zero attached hydrogens (tertiary/aromatic N) is 1. The molecule has 0 amide bonds. The predicted octanol–water partition coefficient (Wildman–Crippen LogP) is 2.96. The largest absolute Gasteiger partial charge is 0.468 e. The highest BCUT2D eigenvalue weighted by atomic mass is 127. The first kappa shape index (κ1) is 14.3. The zero-order chi connectivity index (χ0) is 14.3. The van der Waals surface area contributed by atoms with Crippen molar-refractivity contribution in [2.45, 2.75) is 43.2 Å². The molecule has 0 N–H and O–H groups in total. The zero-order valence-electron chi connectivity index (χ0n) is 11.9. The SMILES string of the molecule is COC(=O)C1(c2ccc(I)cc2)CC2CCC(C1)N2C. The van der Waals surface area contributed by atoms with E-state index in [2.05, 4.69) is 58.8 Å². The minimum absolute atomic E-state index is 0.0660. The lowest BCUT2D eigenvalue weighted by Crippen LogP contribution is -2.51. The molecule has 2 atom stereocenters. The second kappa shape index (κ2) is 5.30. The molecule has 0 aliphatic carbocycles. The number of esters is 1. The van der Waals surface area contributed by atoms with E-state index < -0.39 is 5.41 Å². The number of methoxy groups -OCH3 is 1. The van der Waals surface area contributed by atoms with Crippen LogP contribution >= 0.6 is 22.6 Å². The standard InChI is InChI=1S/C16H20INO2/c1-18-13-7-8-14(18)10-16(9-13,15(19)20-2)11-3-5-12(17)6-4-11/h3-6,13-14H,7-10H2,1-2H3. The first-order chi connectivity index (χ1) is 9.56. The maximum atomic E-state index is 12.6. The van der Waals surface area contributed by atoms with E-state index in [1.165, 1.54) is 23.5 Å². The summed E-state index contributed by atoms with van der Waals surface area (Å²) in [7, 11) is 3.70. The molecule has 4 heteroatoms. The Morgan fingerprint density at radius 1 is 1.25 bits per heavy atom. The number of ether oxygens (including phenoxy) is 1. The minimum atomic E-state index is -0.447. The van der Waals surface area contributed by atoms with Gasteiger partial charge in [-0.2, -0.15) is 0 Å². The smallest absolute Gasteiger partial charge is 0.316 e. The molecule has 0 spiro atoms. The maximum absolute atomic E-state index is 12.6. The molecule has 3 rings (SSSR count). The normalized spacial score (nSPS) is 33.1. The summed E-state index contributed by atoms with van der Waals surface area (Å²) in [5.41, 5.74) is 0.673. The van der Waals surface area contributed by atoms with E-state index in [1.54, 1.807) is 0 Å². The number of hydrogen-bond acceptors (Lipinski definition) is 3. The van der Waals surface area contributed by atoms with Gasteiger partial charge in [0.2, 0.25) is 0 Å². The Balaban J connectivity index is 2.02. The van der Waals surface area contributed by atoms with E-state index in [0.29, 0.717) is 12.1 Å². The monoisotopic (exact) mass is 385 g/mol. The first-order valence-corrected chi connectivity index (χ1v) is 8.21. The van der Waals surface area contributed by atoms with Crippen molar-refractivity contribution in [3.8, 4) is 0 Å². The molecule has 2 aliphatic heterocycles. The van der Waals surface area contributed by atoms with Crippen molar-refractivity contribution < 1.29 is 9.53 Å². The third-order valence-electron chi connectivity index (χ3n) is 5.13. The Morgan fingerprint density at radius 3 is 2.30 bits per heavy atom. The summed E-state index contributed by atoms with van der Waals surface area (Å²) < 4.78 is 6.37. The number of fused-ring (bicyclic) bond motifs is 2. The Hall–Kier alpha value is -0.620. The molecule has 20 heavy (non-hydrogen) atoms. The topological polar surface area (TPSA) is 29.5 Å². The molecule has 1 aromatic rings. The van der Waals surface area contributed by atoms with Crippen LogP contribution in [0, 0.1) is 3.57 Å². The van der Waals surface area contributed by atoms with Crippen molar-refractivity contribution in [2.75, 3.05) is 14.2 Å². The summed E-state index contributed by atoms with van der Waals surface area (Å²) >= 11 is 2.30. The number of carbonyl (C=O) groups is 1. The summed E-state index contributed by atoms with van der Waals surface area (Å²) in [4.78, 5) is 15.0. The zero-order valence-corrected chi connectivity index (χ0v) is 14.1. The Morgan fingerprint density at radius 2 is 1.80 bits per heavy atom. The van der Waals surface area contributed by atoms with Gasteiger partial charge in [-0.1, -0.05) is 12.1 Å². The Kier molecular flexibility index (Phi) is 3.79. The molecular formula is C16H20INO2. The summed E-state index contributed by atoms with van der Waals surface area (Å²) in [6.45, 7) is 0. The number of halogens is 1. The lowest BCUT2D eigenvalue weighted by molar-refractivity contribution is -0.150. The highest BCUT2D eigenvalue weighted by Gasteiger charge is 2.52. The van der Waals surface area contributed by atoms with Crippen LogP contribution in [0.4, 0.5) is 0 Å². The van der Waals surface area contributed by atoms with Crippen LogP contribution < -0.4 is 0 Å². The van der Waals surface area contributed by atoms with Crippen molar-refractivity contribution in [3.05, 3.63) is 33.4 Å². The van der Waals surface area contributed by atoms with Gasteiger partial charge in [-0.05, 0) is 73.0 Å². The van der Waals surface area contributed by atoms with E-state index in [1.807, 2.05) is 0 Å². The fraction of sp³-hybridized carbons (Fsp3) is 0.562. The van der Waals surface area contributed by atoms with E-state index >= 15 is 0 Å². The van der Waals surface area contributed by atoms with Gasteiger partial charge in [-0.15, -0.1) is 0 Å². The van der Waals surface area contributed by atoms with Crippen molar-refractivity contribution >= 4 is 28.6 Å². The molecule has 3 nitrogen and oxygen atoms in total. The third kappa shape index (κ3) is 2.17. The van der Waals surface area contributed by atoms with Crippen LogP contribution in [0.2, 0.25) is 0 Å². The summed E-state index contributed by atoms with van der Waals surface area (Å²) in [6, 6.07) is 9.38. The number of carbonyl (C=O) groups excluding carboxylic acids is 1. The first-order valence-electron chi connectivity index (χ1n) is 7.13. The molecule has 0 aromatic heterocycles. The number of piperidine rings is 1. The molecule has 1 aromatic carbocycles. The van der Waals surface area contributed by atoms with Crippen LogP contribution in [0.5, 0.6) is 0 Å². The quantitative estimate of drug-likeness (QED) is 0.579. The van der Waals surface area contributed by atoms with Crippen LogP contribution in [0.3, 0.4) is 0 Å². The predicted molar refractivity (Wildman–Crippen MR) is 86.7 cm³/mol. The van der Waals surface area contributed by atoms with Gasteiger partial charge in [-0.25, -0.2) is 0 Å². The number of hydrogen-bond donors (Lipinski definition) is 0. The van der Waals surface area contributed by atoms with Crippen LogP contribution in [-0.4, -0.2) is 37.1 Å². The molecular weight excluding hydrogens is 365 g/mol. The molecule has 2 fully saturated rings. The minimum Gasteiger partial charge on any atom is -0.468 e. The van der Waals surface area contributed by atoms with Gasteiger partial charge in [0.15, 0.2) is 0 Å². The number of benzene rings is 1. The van der Waals surface area contributed by atoms with E-state index in [4.69, 9.17) is 4.74 Å². The van der Waals surface area contributed by atoms with Gasteiger partial charge in [-0.3, -0.25) is 4.79 Å². The average Bonchev–Trinajstić information content (AvgIpc) is 2.68. The van der Waals surface area contributed by atoms with Crippen molar-refractivity contribution in [2.24, 2.45) is 0 Å². The second-order valence-corrected chi connectivity index (χ2v) is 7.28. The van der Waals surface area contributed by atoms with Crippen molar-refractivity contribution in [1.82, 2.24) is 4.90 Å². The molecule has 108 valence electrons. The Labute approximate surface area is 133 Å². The molecule has 2 unspecified atom stereocenters. The average molecular weight is 385 g/mol. The van der Waals surface area contributed by atoms with Crippen LogP contribution in [0.25, 0.3) is 0 Å². The highest BCUT2D eigenvalue weighted by molar-refractivity contribution is 14.1. The van der Waals surface area contributed by atoms with Crippen molar-refractivity contribution in [1.29, 1.82) is 0 Å². The van der Waals surface area contributed by atoms with Gasteiger partial charge < -0.3 is 9.64 Å². The lowest BCUT2D eigenvalue weighted by atomic mass is 9.70. The van der Waals surface area contributed by atoms with Crippen LogP contribution in [-0.2, 0) is 14.9 Å². The van der Waals surface area contributed by atoms with Gasteiger partial charge in [0.05, 0.1) is 12.5 Å². The molecule has 0 radical (unpaired) electrons. The third-order valence-corrected chi connectivity index (χ3v) is 5.85. The Bertz CT molecular complexity index is 500. The molecule has 2 bridgehead atoms. The molecule has 2 heterocycles. The van der Waals surface area contributed by atoms with Gasteiger partial charge in [0.25, 0.3) is 0 Å². The van der Waals surface area contributed by atoms with E-state index in [-0.39, 0.29) is 5.97 Å². The van der Waals surface area contributed by atoms with E-state index in [9.17, 15) is 4.79 Å². The molecule has 0 saturated carbocycles. The molecule has 2 saturated heterocycles. The number of rotatable bonds is 2. The van der Waals surface area contributed by atoms with Gasteiger partial charge in [0, 0.05) is 15.7 Å². The molecule has 2 aliphatic rings. The van der Waals surface area contributed by atoms with Crippen molar-refractivity contribution in [3.63, 3.8) is 0 Å². The summed E-state index contributed by atoms with van der Waals surface area (Å²) in [5.74, 6) is -0.0660. The lowest BCUT2D eigenvalue weighted by Gasteiger charge is -2.43. The highest BCUT2D eigenvalue weighted by Crippen LogP contribution is 2.47. The van der Waals surface area contributed by atoms with Gasteiger partial charge in [0.1, 0.15) is 0 Å². The fourth-order valence-corrected chi connectivity index (χ4v) is 4.31. The van der Waals surface area contributed by atoms with Crippen LogP contribution in [0.1, 0.15) is 31.2 Å². The maximum Gasteiger partial charge on any atom is 0.316 e. The fourth-order valence-electron chi connectivity index (χ4n) is 3.95.